The van der Waals surface area contributed by atoms with Gasteiger partial charge in [0.05, 0.1) is 6.26 Å². The highest BCUT2D eigenvalue weighted by Gasteiger charge is 2.11. The third kappa shape index (κ3) is 3.67. The van der Waals surface area contributed by atoms with E-state index in [-0.39, 0.29) is 6.04 Å². The van der Waals surface area contributed by atoms with Crippen LogP contribution in [0.3, 0.4) is 0 Å². The summed E-state index contributed by atoms with van der Waals surface area (Å²) >= 11 is 0. The number of aromatic nitrogens is 2. The van der Waals surface area contributed by atoms with Gasteiger partial charge in [-0.1, -0.05) is 6.92 Å². The van der Waals surface area contributed by atoms with Crippen molar-refractivity contribution in [2.24, 2.45) is 0 Å². The van der Waals surface area contributed by atoms with Crippen molar-refractivity contribution in [2.75, 3.05) is 6.54 Å². The van der Waals surface area contributed by atoms with Crippen molar-refractivity contribution in [1.82, 2.24) is 15.3 Å². The van der Waals surface area contributed by atoms with E-state index in [1.54, 1.807) is 12.6 Å². The van der Waals surface area contributed by atoms with Gasteiger partial charge in [0, 0.05) is 30.4 Å². The Bertz CT molecular complexity index is 428. The van der Waals surface area contributed by atoms with Crippen LogP contribution in [0.25, 0.3) is 0 Å². The van der Waals surface area contributed by atoms with Crippen molar-refractivity contribution < 1.29 is 4.42 Å². The maximum atomic E-state index is 5.37. The van der Waals surface area contributed by atoms with Gasteiger partial charge in [0.15, 0.2) is 0 Å². The third-order valence-corrected chi connectivity index (χ3v) is 2.88. The lowest BCUT2D eigenvalue weighted by molar-refractivity contribution is 0.451. The molecular weight excluding hydrogens is 226 g/mol. The van der Waals surface area contributed by atoms with Gasteiger partial charge in [0.1, 0.15) is 12.1 Å². The van der Waals surface area contributed by atoms with Gasteiger partial charge in [-0.15, -0.1) is 0 Å². The van der Waals surface area contributed by atoms with Crippen LogP contribution in [0, 0.1) is 0 Å². The number of rotatable bonds is 7. The summed E-state index contributed by atoms with van der Waals surface area (Å²) in [6, 6.07) is 4.23. The average Bonchev–Trinajstić information content (AvgIpc) is 2.93. The lowest BCUT2D eigenvalue weighted by atomic mass is 10.0. The molecule has 2 aromatic rings. The van der Waals surface area contributed by atoms with E-state index < -0.39 is 0 Å². The zero-order valence-electron chi connectivity index (χ0n) is 10.7. The molecule has 4 nitrogen and oxygen atoms in total. The predicted molar refractivity (Wildman–Crippen MR) is 70.1 cm³/mol. The molecule has 0 saturated heterocycles. The van der Waals surface area contributed by atoms with Crippen LogP contribution in [-0.2, 0) is 6.42 Å². The van der Waals surface area contributed by atoms with E-state index in [2.05, 4.69) is 22.2 Å². The number of hydrogen-bond acceptors (Lipinski definition) is 4. The molecule has 1 unspecified atom stereocenters. The van der Waals surface area contributed by atoms with E-state index in [0.29, 0.717) is 0 Å². The molecule has 0 amide bonds. The van der Waals surface area contributed by atoms with Crippen molar-refractivity contribution in [3.63, 3.8) is 0 Å². The molecule has 0 spiro atoms. The SMILES string of the molecule is CCCNC(CCc1ccco1)c1cncnc1. The lowest BCUT2D eigenvalue weighted by Gasteiger charge is -2.17. The Labute approximate surface area is 107 Å². The molecule has 0 fully saturated rings. The Morgan fingerprint density at radius 3 is 2.83 bits per heavy atom. The Morgan fingerprint density at radius 2 is 2.17 bits per heavy atom. The molecule has 2 heterocycles. The first kappa shape index (κ1) is 12.8. The monoisotopic (exact) mass is 245 g/mol. The largest absolute Gasteiger partial charge is 0.469 e. The minimum Gasteiger partial charge on any atom is -0.469 e. The second-order valence-corrected chi connectivity index (χ2v) is 4.30. The first-order chi connectivity index (χ1) is 8.90. The number of aryl methyl sites for hydroxylation is 1. The molecule has 96 valence electrons. The Morgan fingerprint density at radius 1 is 1.33 bits per heavy atom. The van der Waals surface area contributed by atoms with Gasteiger partial charge in [0.2, 0.25) is 0 Å². The first-order valence-corrected chi connectivity index (χ1v) is 6.41. The molecule has 1 atom stereocenters. The standard InChI is InChI=1S/C14H19N3O/c1-2-7-17-14(12-9-15-11-16-10-12)6-5-13-4-3-8-18-13/h3-4,8-11,14,17H,2,5-7H2,1H3. The summed E-state index contributed by atoms with van der Waals surface area (Å²) in [6.45, 7) is 3.16. The second kappa shape index (κ2) is 6.91. The molecule has 0 aliphatic heterocycles. The molecule has 0 aromatic carbocycles. The zero-order chi connectivity index (χ0) is 12.6. The van der Waals surface area contributed by atoms with Crippen LogP contribution in [-0.4, -0.2) is 16.5 Å². The van der Waals surface area contributed by atoms with Gasteiger partial charge in [-0.05, 0) is 31.5 Å². The highest BCUT2D eigenvalue weighted by Crippen LogP contribution is 2.18. The quantitative estimate of drug-likeness (QED) is 0.815. The molecule has 2 aromatic heterocycles. The van der Waals surface area contributed by atoms with Gasteiger partial charge in [0.25, 0.3) is 0 Å². The Balaban J connectivity index is 1.96. The van der Waals surface area contributed by atoms with E-state index in [1.165, 1.54) is 0 Å². The smallest absolute Gasteiger partial charge is 0.115 e. The number of nitrogens with one attached hydrogen (secondary N) is 1. The maximum absolute atomic E-state index is 5.37. The summed E-state index contributed by atoms with van der Waals surface area (Å²) in [4.78, 5) is 8.17. The topological polar surface area (TPSA) is 51.0 Å². The van der Waals surface area contributed by atoms with Crippen molar-refractivity contribution >= 4 is 0 Å². The highest BCUT2D eigenvalue weighted by atomic mass is 16.3. The van der Waals surface area contributed by atoms with Crippen LogP contribution < -0.4 is 5.32 Å². The van der Waals surface area contributed by atoms with E-state index in [4.69, 9.17) is 4.42 Å². The molecule has 0 saturated carbocycles. The van der Waals surface area contributed by atoms with Gasteiger partial charge in [-0.3, -0.25) is 0 Å². The normalized spacial score (nSPS) is 12.5. The molecule has 4 heteroatoms. The van der Waals surface area contributed by atoms with Crippen LogP contribution in [0.2, 0.25) is 0 Å². The lowest BCUT2D eigenvalue weighted by Crippen LogP contribution is -2.23. The van der Waals surface area contributed by atoms with E-state index in [1.807, 2.05) is 24.5 Å². The number of nitrogens with zero attached hydrogens (tertiary/aromatic N) is 2. The minimum absolute atomic E-state index is 0.288. The van der Waals surface area contributed by atoms with Crippen LogP contribution in [0.1, 0.15) is 37.1 Å². The van der Waals surface area contributed by atoms with Crippen molar-refractivity contribution in [3.05, 3.63) is 48.4 Å². The van der Waals surface area contributed by atoms with Crippen molar-refractivity contribution in [2.45, 2.75) is 32.2 Å². The minimum atomic E-state index is 0.288. The number of furan rings is 1. The van der Waals surface area contributed by atoms with Crippen molar-refractivity contribution in [1.29, 1.82) is 0 Å². The van der Waals surface area contributed by atoms with Crippen LogP contribution in [0.4, 0.5) is 0 Å². The van der Waals surface area contributed by atoms with Gasteiger partial charge in [-0.25, -0.2) is 9.97 Å². The predicted octanol–water partition coefficient (Wildman–Crippen LogP) is 2.74. The molecule has 18 heavy (non-hydrogen) atoms. The van der Waals surface area contributed by atoms with Crippen LogP contribution in [0.15, 0.2) is 41.5 Å². The zero-order valence-corrected chi connectivity index (χ0v) is 10.7. The van der Waals surface area contributed by atoms with Crippen molar-refractivity contribution in [3.8, 4) is 0 Å². The Hall–Kier alpha value is -1.68. The summed E-state index contributed by atoms with van der Waals surface area (Å²) in [7, 11) is 0. The van der Waals surface area contributed by atoms with E-state index in [0.717, 1.165) is 37.1 Å². The summed E-state index contributed by atoms with van der Waals surface area (Å²) in [5.74, 6) is 1.02. The van der Waals surface area contributed by atoms with Crippen LogP contribution >= 0.6 is 0 Å². The Kier molecular flexibility index (Phi) is 4.90. The van der Waals surface area contributed by atoms with E-state index in [9.17, 15) is 0 Å². The third-order valence-electron chi connectivity index (χ3n) is 2.88. The van der Waals surface area contributed by atoms with E-state index >= 15 is 0 Å². The molecular formula is C14H19N3O. The molecule has 0 radical (unpaired) electrons. The molecule has 0 bridgehead atoms. The van der Waals surface area contributed by atoms with Gasteiger partial charge in [-0.2, -0.15) is 0 Å². The highest BCUT2D eigenvalue weighted by molar-refractivity contribution is 5.10. The summed E-state index contributed by atoms with van der Waals surface area (Å²) in [5, 5.41) is 3.53. The maximum Gasteiger partial charge on any atom is 0.115 e. The molecule has 2 rings (SSSR count). The number of hydrogen-bond donors (Lipinski definition) is 1. The average molecular weight is 245 g/mol. The van der Waals surface area contributed by atoms with Crippen LogP contribution in [0.5, 0.6) is 0 Å². The molecule has 0 aliphatic carbocycles. The van der Waals surface area contributed by atoms with Gasteiger partial charge >= 0.3 is 0 Å². The summed E-state index contributed by atoms with van der Waals surface area (Å²) in [5.41, 5.74) is 1.14. The van der Waals surface area contributed by atoms with Gasteiger partial charge < -0.3 is 9.73 Å². The summed E-state index contributed by atoms with van der Waals surface area (Å²) < 4.78 is 5.37. The second-order valence-electron chi connectivity index (χ2n) is 4.30. The molecule has 1 N–H and O–H groups in total. The molecule has 0 aliphatic rings. The fourth-order valence-electron chi connectivity index (χ4n) is 1.94. The summed E-state index contributed by atoms with van der Waals surface area (Å²) in [6.07, 6.45) is 10.1. The fourth-order valence-corrected chi connectivity index (χ4v) is 1.94. The fraction of sp³-hybridized carbons (Fsp3) is 0.429. The first-order valence-electron chi connectivity index (χ1n) is 6.41.